The smallest absolute Gasteiger partial charge is 0.326 e. The quantitative estimate of drug-likeness (QED) is 0.460. The number of nitrogens with zero attached hydrogens (tertiary/aromatic N) is 1. The zero-order valence-electron chi connectivity index (χ0n) is 15.1. The third kappa shape index (κ3) is 5.63. The van der Waals surface area contributed by atoms with Gasteiger partial charge < -0.3 is 30.8 Å². The van der Waals surface area contributed by atoms with Gasteiger partial charge in [-0.2, -0.15) is 0 Å². The minimum atomic E-state index is -1.11. The Morgan fingerprint density at radius 1 is 1.30 bits per heavy atom. The first-order valence-corrected chi connectivity index (χ1v) is 8.59. The second-order valence-corrected chi connectivity index (χ2v) is 6.04. The SMILES string of the molecule is COc1cccc2c1ccn2CCC(=O)NC(CCCNC(N)=O)C(=O)O. The van der Waals surface area contributed by atoms with Gasteiger partial charge >= 0.3 is 12.0 Å². The molecule has 0 spiro atoms. The average molecular weight is 376 g/mol. The second kappa shape index (κ2) is 9.46. The maximum atomic E-state index is 12.2. The van der Waals surface area contributed by atoms with Gasteiger partial charge in [0.25, 0.3) is 0 Å². The van der Waals surface area contributed by atoms with E-state index in [-0.39, 0.29) is 25.3 Å². The van der Waals surface area contributed by atoms with Crippen LogP contribution in [0.2, 0.25) is 0 Å². The van der Waals surface area contributed by atoms with E-state index in [1.54, 1.807) is 7.11 Å². The number of amides is 3. The number of primary amides is 1. The first-order valence-electron chi connectivity index (χ1n) is 8.59. The fraction of sp³-hybridized carbons (Fsp3) is 0.389. The van der Waals surface area contributed by atoms with E-state index in [4.69, 9.17) is 10.5 Å². The summed E-state index contributed by atoms with van der Waals surface area (Å²) in [6, 6.07) is 5.91. The van der Waals surface area contributed by atoms with Crippen LogP contribution >= 0.6 is 0 Å². The maximum absolute atomic E-state index is 12.2. The van der Waals surface area contributed by atoms with Crippen LogP contribution in [0.5, 0.6) is 5.75 Å². The summed E-state index contributed by atoms with van der Waals surface area (Å²) < 4.78 is 7.24. The van der Waals surface area contributed by atoms with E-state index in [1.807, 2.05) is 35.0 Å². The number of nitrogens with two attached hydrogens (primary N) is 1. The normalized spacial score (nSPS) is 11.7. The van der Waals surface area contributed by atoms with Gasteiger partial charge in [0.15, 0.2) is 0 Å². The van der Waals surface area contributed by atoms with Crippen LogP contribution in [-0.4, -0.2) is 47.3 Å². The van der Waals surface area contributed by atoms with E-state index in [1.165, 1.54) is 0 Å². The predicted octanol–water partition coefficient (Wildman–Crippen LogP) is 1.06. The molecule has 2 rings (SSSR count). The molecule has 0 aliphatic rings. The van der Waals surface area contributed by atoms with Crippen molar-refractivity contribution in [3.63, 3.8) is 0 Å². The van der Waals surface area contributed by atoms with Crippen molar-refractivity contribution in [1.82, 2.24) is 15.2 Å². The van der Waals surface area contributed by atoms with Gasteiger partial charge in [0.05, 0.1) is 12.6 Å². The maximum Gasteiger partial charge on any atom is 0.326 e. The van der Waals surface area contributed by atoms with Crippen molar-refractivity contribution in [2.24, 2.45) is 5.73 Å². The molecule has 9 heteroatoms. The van der Waals surface area contributed by atoms with Gasteiger partial charge in [0.1, 0.15) is 11.8 Å². The zero-order valence-corrected chi connectivity index (χ0v) is 15.1. The summed E-state index contributed by atoms with van der Waals surface area (Å²) in [4.78, 5) is 34.0. The van der Waals surface area contributed by atoms with Crippen molar-refractivity contribution < 1.29 is 24.2 Å². The van der Waals surface area contributed by atoms with Gasteiger partial charge in [-0.3, -0.25) is 4.79 Å². The number of carbonyl (C=O) groups is 3. The minimum Gasteiger partial charge on any atom is -0.496 e. The number of benzene rings is 1. The number of aliphatic carboxylic acids is 1. The number of carboxylic acid groups (broad SMARTS) is 1. The molecule has 146 valence electrons. The predicted molar refractivity (Wildman–Crippen MR) is 99.5 cm³/mol. The molecule has 1 unspecified atom stereocenters. The molecular weight excluding hydrogens is 352 g/mol. The second-order valence-electron chi connectivity index (χ2n) is 6.04. The molecule has 27 heavy (non-hydrogen) atoms. The number of carboxylic acids is 1. The summed E-state index contributed by atoms with van der Waals surface area (Å²) in [5.41, 5.74) is 5.89. The van der Waals surface area contributed by atoms with E-state index in [0.717, 1.165) is 16.7 Å². The Morgan fingerprint density at radius 2 is 2.07 bits per heavy atom. The number of carbonyl (C=O) groups excluding carboxylic acids is 2. The van der Waals surface area contributed by atoms with Gasteiger partial charge in [-0.05, 0) is 31.0 Å². The molecule has 0 fully saturated rings. The van der Waals surface area contributed by atoms with Gasteiger partial charge in [-0.25, -0.2) is 9.59 Å². The Hall–Kier alpha value is -3.23. The van der Waals surface area contributed by atoms with Gasteiger partial charge in [-0.15, -0.1) is 0 Å². The highest BCUT2D eigenvalue weighted by Crippen LogP contribution is 2.26. The van der Waals surface area contributed by atoms with Crippen LogP contribution in [-0.2, 0) is 16.1 Å². The third-order valence-corrected chi connectivity index (χ3v) is 4.18. The summed E-state index contributed by atoms with van der Waals surface area (Å²) >= 11 is 0. The summed E-state index contributed by atoms with van der Waals surface area (Å²) in [6.07, 6.45) is 2.60. The van der Waals surface area contributed by atoms with Crippen molar-refractivity contribution in [2.45, 2.75) is 31.8 Å². The molecule has 1 aromatic heterocycles. The van der Waals surface area contributed by atoms with E-state index >= 15 is 0 Å². The summed E-state index contributed by atoms with van der Waals surface area (Å²) in [6.45, 7) is 0.671. The Kier molecular flexibility index (Phi) is 7.04. The number of hydrogen-bond acceptors (Lipinski definition) is 4. The van der Waals surface area contributed by atoms with E-state index in [9.17, 15) is 19.5 Å². The monoisotopic (exact) mass is 376 g/mol. The van der Waals surface area contributed by atoms with Crippen LogP contribution in [0.1, 0.15) is 19.3 Å². The summed E-state index contributed by atoms with van der Waals surface area (Å²) in [5, 5.41) is 15.1. The van der Waals surface area contributed by atoms with Gasteiger partial charge in [-0.1, -0.05) is 6.07 Å². The number of methoxy groups -OCH3 is 1. The highest BCUT2D eigenvalue weighted by Gasteiger charge is 2.19. The molecule has 9 nitrogen and oxygen atoms in total. The fourth-order valence-corrected chi connectivity index (χ4v) is 2.83. The molecular formula is C18H24N4O5. The van der Waals surface area contributed by atoms with Crippen LogP contribution < -0.4 is 21.1 Å². The molecule has 0 radical (unpaired) electrons. The number of fused-ring (bicyclic) bond motifs is 1. The van der Waals surface area contributed by atoms with Crippen molar-refractivity contribution in [2.75, 3.05) is 13.7 Å². The molecule has 0 saturated heterocycles. The van der Waals surface area contributed by atoms with E-state index in [2.05, 4.69) is 10.6 Å². The molecule has 0 bridgehead atoms. The molecule has 2 aromatic rings. The Bertz CT molecular complexity index is 817. The largest absolute Gasteiger partial charge is 0.496 e. The highest BCUT2D eigenvalue weighted by atomic mass is 16.5. The molecule has 0 aliphatic carbocycles. The first kappa shape index (κ1) is 20.1. The van der Waals surface area contributed by atoms with Gasteiger partial charge in [0.2, 0.25) is 5.91 Å². The lowest BCUT2D eigenvalue weighted by molar-refractivity contribution is -0.142. The lowest BCUT2D eigenvalue weighted by Gasteiger charge is -2.15. The van der Waals surface area contributed by atoms with Crippen molar-refractivity contribution in [3.05, 3.63) is 30.5 Å². The lowest BCUT2D eigenvalue weighted by Crippen LogP contribution is -2.41. The summed E-state index contributed by atoms with van der Waals surface area (Å²) in [7, 11) is 1.60. The topological polar surface area (TPSA) is 136 Å². The van der Waals surface area contributed by atoms with Crippen molar-refractivity contribution >= 4 is 28.8 Å². The van der Waals surface area contributed by atoms with Crippen molar-refractivity contribution in [1.29, 1.82) is 0 Å². The number of ether oxygens (including phenoxy) is 1. The number of aryl methyl sites for hydroxylation is 1. The lowest BCUT2D eigenvalue weighted by atomic mass is 10.1. The Balaban J connectivity index is 1.89. The van der Waals surface area contributed by atoms with Crippen LogP contribution in [0.4, 0.5) is 4.79 Å². The Morgan fingerprint density at radius 3 is 2.74 bits per heavy atom. The fourth-order valence-electron chi connectivity index (χ4n) is 2.83. The van der Waals surface area contributed by atoms with Crippen molar-refractivity contribution in [3.8, 4) is 5.75 Å². The number of nitrogens with one attached hydrogen (secondary N) is 2. The van der Waals surface area contributed by atoms with Crippen LogP contribution in [0, 0.1) is 0 Å². The van der Waals surface area contributed by atoms with Gasteiger partial charge in [0, 0.05) is 31.1 Å². The van der Waals surface area contributed by atoms with Crippen LogP contribution in [0.3, 0.4) is 0 Å². The average Bonchev–Trinajstić information content (AvgIpc) is 3.05. The molecule has 0 aliphatic heterocycles. The van der Waals surface area contributed by atoms with E-state index in [0.29, 0.717) is 13.0 Å². The standard InChI is InChI=1S/C18H24N4O5/c1-27-15-6-2-5-14-12(15)7-10-22(14)11-8-16(23)21-13(17(24)25)4-3-9-20-18(19)26/h2,5-7,10,13H,3-4,8-9,11H2,1H3,(H,21,23)(H,24,25)(H3,19,20,26). The molecule has 0 saturated carbocycles. The number of rotatable bonds is 10. The summed E-state index contributed by atoms with van der Waals surface area (Å²) in [5.74, 6) is -0.709. The number of aromatic nitrogens is 1. The van der Waals surface area contributed by atoms with E-state index < -0.39 is 18.0 Å². The number of hydrogen-bond donors (Lipinski definition) is 4. The first-order chi connectivity index (χ1) is 12.9. The third-order valence-electron chi connectivity index (χ3n) is 4.18. The Labute approximate surface area is 156 Å². The van der Waals surface area contributed by atoms with Crippen LogP contribution in [0.25, 0.3) is 10.9 Å². The van der Waals surface area contributed by atoms with Crippen LogP contribution in [0.15, 0.2) is 30.5 Å². The molecule has 1 heterocycles. The zero-order chi connectivity index (χ0) is 19.8. The minimum absolute atomic E-state index is 0.143. The molecule has 3 amide bonds. The molecule has 1 atom stereocenters. The highest BCUT2D eigenvalue weighted by molar-refractivity contribution is 5.87. The molecule has 1 aromatic carbocycles. The number of urea groups is 1. The molecule has 5 N–H and O–H groups in total.